The lowest BCUT2D eigenvalue weighted by molar-refractivity contribution is -0.133. The minimum atomic E-state index is -0.377. The molecule has 1 aliphatic rings. The largest absolute Gasteiger partial charge is 0.348 e. The van der Waals surface area contributed by atoms with E-state index >= 15 is 0 Å². The molecule has 2 aromatic rings. The average Bonchev–Trinajstić information content (AvgIpc) is 3.08. The Balaban J connectivity index is 1.61. The van der Waals surface area contributed by atoms with Crippen molar-refractivity contribution in [3.05, 3.63) is 39.7 Å². The van der Waals surface area contributed by atoms with Crippen LogP contribution < -0.4 is 5.69 Å². The molecular formula is C18H25N5O3. The maximum Gasteiger partial charge on any atom is 0.348 e. The highest BCUT2D eigenvalue weighted by atomic mass is 16.5. The second kappa shape index (κ2) is 7.39. The molecule has 1 amide bonds. The van der Waals surface area contributed by atoms with Crippen molar-refractivity contribution in [1.29, 1.82) is 0 Å². The van der Waals surface area contributed by atoms with Gasteiger partial charge in [0, 0.05) is 36.3 Å². The number of rotatable bonds is 4. The third kappa shape index (κ3) is 3.84. The second-order valence-corrected chi connectivity index (χ2v) is 7.21. The Morgan fingerprint density at radius 2 is 1.96 bits per heavy atom. The smallest absolute Gasteiger partial charge is 0.341 e. The molecule has 1 aliphatic heterocycles. The summed E-state index contributed by atoms with van der Waals surface area (Å²) in [5.41, 5.74) is 1.04. The summed E-state index contributed by atoms with van der Waals surface area (Å²) in [5, 5.41) is 4.02. The van der Waals surface area contributed by atoms with Crippen LogP contribution in [0.4, 0.5) is 0 Å². The van der Waals surface area contributed by atoms with E-state index < -0.39 is 0 Å². The summed E-state index contributed by atoms with van der Waals surface area (Å²) in [6.45, 7) is 8.91. The minimum absolute atomic E-state index is 0.0284. The van der Waals surface area contributed by atoms with Crippen LogP contribution in [0.25, 0.3) is 0 Å². The normalized spacial score (nSPS) is 15.7. The molecule has 26 heavy (non-hydrogen) atoms. The van der Waals surface area contributed by atoms with E-state index in [0.717, 1.165) is 24.4 Å². The van der Waals surface area contributed by atoms with E-state index in [9.17, 15) is 9.59 Å². The summed E-state index contributed by atoms with van der Waals surface area (Å²) in [7, 11) is 0. The molecule has 1 fully saturated rings. The van der Waals surface area contributed by atoms with Gasteiger partial charge in [-0.05, 0) is 32.8 Å². The van der Waals surface area contributed by atoms with Crippen molar-refractivity contribution in [2.75, 3.05) is 13.1 Å². The second-order valence-electron chi connectivity index (χ2n) is 7.21. The fourth-order valence-corrected chi connectivity index (χ4v) is 3.23. The molecule has 2 aromatic heterocycles. The maximum absolute atomic E-state index is 12.6. The minimum Gasteiger partial charge on any atom is -0.341 e. The van der Waals surface area contributed by atoms with Gasteiger partial charge in [0.05, 0.1) is 0 Å². The molecule has 0 saturated carbocycles. The van der Waals surface area contributed by atoms with Crippen LogP contribution in [0, 0.1) is 13.8 Å². The van der Waals surface area contributed by atoms with Crippen LogP contribution >= 0.6 is 0 Å². The van der Waals surface area contributed by atoms with Gasteiger partial charge in [-0.1, -0.05) is 19.0 Å². The van der Waals surface area contributed by atoms with Crippen LogP contribution in [0.15, 0.2) is 15.4 Å². The molecule has 0 spiro atoms. The molecule has 3 heterocycles. The van der Waals surface area contributed by atoms with Crippen molar-refractivity contribution in [2.45, 2.75) is 58.9 Å². The van der Waals surface area contributed by atoms with Gasteiger partial charge in [0.1, 0.15) is 6.54 Å². The Kier molecular flexibility index (Phi) is 5.20. The number of nitrogens with zero attached hydrogens (tertiary/aromatic N) is 5. The third-order valence-corrected chi connectivity index (χ3v) is 4.81. The number of aryl methyl sites for hydroxylation is 2. The van der Waals surface area contributed by atoms with Gasteiger partial charge in [0.2, 0.25) is 11.8 Å². The number of hydrogen-bond donors (Lipinski definition) is 0. The Morgan fingerprint density at radius 3 is 2.54 bits per heavy atom. The van der Waals surface area contributed by atoms with Gasteiger partial charge >= 0.3 is 5.69 Å². The molecule has 0 bridgehead atoms. The molecule has 3 rings (SSSR count). The van der Waals surface area contributed by atoms with Gasteiger partial charge in [-0.2, -0.15) is 9.97 Å². The molecule has 8 heteroatoms. The van der Waals surface area contributed by atoms with Crippen molar-refractivity contribution >= 4 is 5.91 Å². The van der Waals surface area contributed by atoms with Crippen LogP contribution in [0.3, 0.4) is 0 Å². The van der Waals surface area contributed by atoms with E-state index in [-0.39, 0.29) is 30.0 Å². The molecular weight excluding hydrogens is 334 g/mol. The number of hydrogen-bond acceptors (Lipinski definition) is 6. The molecule has 8 nitrogen and oxygen atoms in total. The standard InChI is InChI=1S/C18H25N5O3/c1-11(2)16-20-17(26-21-16)14-5-7-22(8-6-14)15(24)10-23-13(4)9-12(3)19-18(23)25/h9,11,14H,5-8,10H2,1-4H3. The van der Waals surface area contributed by atoms with Crippen molar-refractivity contribution in [3.63, 3.8) is 0 Å². The lowest BCUT2D eigenvalue weighted by Gasteiger charge is -2.30. The first-order valence-corrected chi connectivity index (χ1v) is 9.01. The first kappa shape index (κ1) is 18.3. The Bertz CT molecular complexity index is 847. The zero-order valence-corrected chi connectivity index (χ0v) is 15.7. The first-order chi connectivity index (χ1) is 12.3. The summed E-state index contributed by atoms with van der Waals surface area (Å²) >= 11 is 0. The molecule has 140 valence electrons. The van der Waals surface area contributed by atoms with Crippen molar-refractivity contribution in [3.8, 4) is 0 Å². The SMILES string of the molecule is Cc1cc(C)n(CC(=O)N2CCC(c3nc(C(C)C)no3)CC2)c(=O)n1. The molecule has 0 radical (unpaired) electrons. The van der Waals surface area contributed by atoms with E-state index in [0.29, 0.717) is 24.7 Å². The summed E-state index contributed by atoms with van der Waals surface area (Å²) in [6, 6.07) is 1.81. The molecule has 0 aliphatic carbocycles. The lowest BCUT2D eigenvalue weighted by Crippen LogP contribution is -2.42. The number of aromatic nitrogens is 4. The number of piperidine rings is 1. The highest BCUT2D eigenvalue weighted by Gasteiger charge is 2.28. The quantitative estimate of drug-likeness (QED) is 0.826. The van der Waals surface area contributed by atoms with Crippen LogP contribution in [0.2, 0.25) is 0 Å². The zero-order chi connectivity index (χ0) is 18.8. The van der Waals surface area contributed by atoms with Gasteiger partial charge < -0.3 is 9.42 Å². The van der Waals surface area contributed by atoms with Crippen LogP contribution in [-0.4, -0.2) is 43.6 Å². The topological polar surface area (TPSA) is 94.1 Å². The van der Waals surface area contributed by atoms with Crippen molar-refractivity contribution in [2.24, 2.45) is 0 Å². The van der Waals surface area contributed by atoms with Crippen LogP contribution in [-0.2, 0) is 11.3 Å². The lowest BCUT2D eigenvalue weighted by atomic mass is 9.96. The fraction of sp³-hybridized carbons (Fsp3) is 0.611. The summed E-state index contributed by atoms with van der Waals surface area (Å²) in [5.74, 6) is 1.74. The van der Waals surface area contributed by atoms with Gasteiger partial charge in [-0.25, -0.2) is 4.79 Å². The average molecular weight is 359 g/mol. The van der Waals surface area contributed by atoms with Gasteiger partial charge in [0.25, 0.3) is 0 Å². The highest BCUT2D eigenvalue weighted by molar-refractivity contribution is 5.76. The first-order valence-electron chi connectivity index (χ1n) is 9.01. The number of carbonyl (C=O) groups is 1. The molecule has 0 aromatic carbocycles. The van der Waals surface area contributed by atoms with Crippen LogP contribution in [0.5, 0.6) is 0 Å². The summed E-state index contributed by atoms with van der Waals surface area (Å²) in [6.07, 6.45) is 1.57. The Labute approximate surface area is 152 Å². The monoisotopic (exact) mass is 359 g/mol. The number of amides is 1. The number of carbonyl (C=O) groups excluding carboxylic acids is 1. The van der Waals surface area contributed by atoms with E-state index in [2.05, 4.69) is 15.1 Å². The molecule has 1 saturated heterocycles. The van der Waals surface area contributed by atoms with E-state index in [1.807, 2.05) is 26.8 Å². The summed E-state index contributed by atoms with van der Waals surface area (Å²) in [4.78, 5) is 34.8. The zero-order valence-electron chi connectivity index (χ0n) is 15.7. The molecule has 0 atom stereocenters. The van der Waals surface area contributed by atoms with Gasteiger partial charge in [-0.3, -0.25) is 9.36 Å². The molecule has 0 N–H and O–H groups in total. The predicted molar refractivity (Wildman–Crippen MR) is 94.9 cm³/mol. The van der Waals surface area contributed by atoms with Gasteiger partial charge in [0.15, 0.2) is 5.82 Å². The van der Waals surface area contributed by atoms with E-state index in [4.69, 9.17) is 4.52 Å². The fourth-order valence-electron chi connectivity index (χ4n) is 3.23. The Morgan fingerprint density at radius 1 is 1.27 bits per heavy atom. The van der Waals surface area contributed by atoms with Crippen molar-refractivity contribution < 1.29 is 9.32 Å². The van der Waals surface area contributed by atoms with Crippen LogP contribution in [0.1, 0.15) is 61.6 Å². The highest BCUT2D eigenvalue weighted by Crippen LogP contribution is 2.27. The third-order valence-electron chi connectivity index (χ3n) is 4.81. The van der Waals surface area contributed by atoms with E-state index in [1.165, 1.54) is 4.57 Å². The predicted octanol–water partition coefficient (Wildman–Crippen LogP) is 1.77. The molecule has 0 unspecified atom stereocenters. The maximum atomic E-state index is 12.6. The van der Waals surface area contributed by atoms with Gasteiger partial charge in [-0.15, -0.1) is 0 Å². The number of likely N-dealkylation sites (tertiary alicyclic amines) is 1. The summed E-state index contributed by atoms with van der Waals surface area (Å²) < 4.78 is 6.81. The van der Waals surface area contributed by atoms with E-state index in [1.54, 1.807) is 11.8 Å². The Hall–Kier alpha value is -2.51. The van der Waals surface area contributed by atoms with Crippen molar-refractivity contribution in [1.82, 2.24) is 24.6 Å².